The maximum Gasteiger partial charge on any atom is 0.182 e. The van der Waals surface area contributed by atoms with Gasteiger partial charge in [0.15, 0.2) is 15.6 Å². The molecule has 2 N–H and O–H groups in total. The zero-order valence-corrected chi connectivity index (χ0v) is 24.5. The first kappa shape index (κ1) is 25.8. The number of rotatable bonds is 5. The van der Waals surface area contributed by atoms with Crippen molar-refractivity contribution in [3.8, 4) is 0 Å². The number of fused-ring (bicyclic) bond motifs is 2. The van der Waals surface area contributed by atoms with Gasteiger partial charge in [0, 0.05) is 37.5 Å². The fourth-order valence-corrected chi connectivity index (χ4v) is 7.55. The molecule has 2 aliphatic heterocycles. The number of piperidine rings is 1. The Hall–Kier alpha value is -1.47. The maximum atomic E-state index is 12.4. The van der Waals surface area contributed by atoms with Gasteiger partial charge in [-0.25, -0.2) is 14.6 Å². The fraction of sp³-hybridized carbons (Fsp3) is 0.593. The molecule has 3 aliphatic rings. The smallest absolute Gasteiger partial charge is 0.182 e. The summed E-state index contributed by atoms with van der Waals surface area (Å²) in [5.74, 6) is 1.26. The van der Waals surface area contributed by atoms with E-state index in [1.807, 2.05) is 24.7 Å². The van der Waals surface area contributed by atoms with Gasteiger partial charge >= 0.3 is 0 Å². The number of halogens is 1. The number of hydrogen-bond donors (Lipinski definition) is 1. The predicted octanol–water partition coefficient (Wildman–Crippen LogP) is 4.85. The van der Waals surface area contributed by atoms with Crippen LogP contribution in [0.25, 0.3) is 11.2 Å². The van der Waals surface area contributed by atoms with Crippen LogP contribution in [0.3, 0.4) is 0 Å². The molecule has 10 heteroatoms. The van der Waals surface area contributed by atoms with Crippen molar-refractivity contribution in [3.05, 3.63) is 45.3 Å². The largest absolute Gasteiger partial charge is 0.598 e. The summed E-state index contributed by atoms with van der Waals surface area (Å²) in [5, 5.41) is 10.7. The third-order valence-electron chi connectivity index (χ3n) is 8.81. The lowest BCUT2D eigenvalue weighted by Gasteiger charge is -2.45. The molecular formula is C27H35IN6O2S. The SMILES string of the molecule is CC(C)(C[C@@H]1c2ccccc2CC12CCN(c1cnc3c(I)nn(C4CCCCO4)c3n1)CC2)[S+](N)[O-]. The highest BCUT2D eigenvalue weighted by atomic mass is 127. The van der Waals surface area contributed by atoms with Crippen LogP contribution in [-0.2, 0) is 22.5 Å². The molecule has 0 saturated carbocycles. The third-order valence-corrected chi connectivity index (χ3v) is 10.8. The number of nitrogens with zero attached hydrogens (tertiary/aromatic N) is 5. The normalized spacial score (nSPS) is 24.5. The van der Waals surface area contributed by atoms with Crippen molar-refractivity contribution in [1.29, 1.82) is 0 Å². The van der Waals surface area contributed by atoms with E-state index in [0.29, 0.717) is 5.92 Å². The van der Waals surface area contributed by atoms with Crippen LogP contribution < -0.4 is 10.0 Å². The number of anilines is 1. The number of hydrogen-bond acceptors (Lipinski definition) is 7. The molecule has 6 rings (SSSR count). The fourth-order valence-electron chi connectivity index (χ4n) is 6.61. The predicted molar refractivity (Wildman–Crippen MR) is 155 cm³/mol. The Balaban J connectivity index is 1.26. The van der Waals surface area contributed by atoms with E-state index in [1.54, 1.807) is 0 Å². The highest BCUT2D eigenvalue weighted by molar-refractivity contribution is 14.1. The Morgan fingerprint density at radius 3 is 2.76 bits per heavy atom. The van der Waals surface area contributed by atoms with Gasteiger partial charge in [-0.2, -0.15) is 10.2 Å². The minimum Gasteiger partial charge on any atom is -0.598 e. The first-order valence-corrected chi connectivity index (χ1v) is 15.6. The number of nitrogens with two attached hydrogens (primary N) is 1. The van der Waals surface area contributed by atoms with Gasteiger partial charge in [0.05, 0.1) is 6.20 Å². The minimum atomic E-state index is -1.37. The summed E-state index contributed by atoms with van der Waals surface area (Å²) in [6, 6.07) is 8.82. The van der Waals surface area contributed by atoms with E-state index in [-0.39, 0.29) is 11.6 Å². The van der Waals surface area contributed by atoms with Gasteiger partial charge in [-0.15, -0.1) is 0 Å². The van der Waals surface area contributed by atoms with Crippen LogP contribution in [0.5, 0.6) is 0 Å². The average Bonchev–Trinajstić information content (AvgIpc) is 3.39. The summed E-state index contributed by atoms with van der Waals surface area (Å²) in [7, 11) is 0. The van der Waals surface area contributed by atoms with E-state index in [0.717, 1.165) is 85.3 Å². The van der Waals surface area contributed by atoms with Crippen molar-refractivity contribution in [2.75, 3.05) is 24.6 Å². The molecule has 2 fully saturated rings. The molecule has 0 amide bonds. The first-order valence-electron chi connectivity index (χ1n) is 13.3. The molecule has 0 bridgehead atoms. The summed E-state index contributed by atoms with van der Waals surface area (Å²) in [6.07, 6.45) is 9.05. The summed E-state index contributed by atoms with van der Waals surface area (Å²) in [4.78, 5) is 12.2. The molecule has 0 radical (unpaired) electrons. The van der Waals surface area contributed by atoms with Crippen molar-refractivity contribution in [3.63, 3.8) is 0 Å². The molecule has 1 spiro atoms. The van der Waals surface area contributed by atoms with E-state index >= 15 is 0 Å². The van der Waals surface area contributed by atoms with Crippen LogP contribution in [-0.4, -0.2) is 48.7 Å². The van der Waals surface area contributed by atoms with Crippen LogP contribution in [0, 0.1) is 9.12 Å². The molecule has 3 aromatic rings. The summed E-state index contributed by atoms with van der Waals surface area (Å²) in [6.45, 7) is 6.68. The number of benzene rings is 1. The molecular weight excluding hydrogens is 599 g/mol. The van der Waals surface area contributed by atoms with E-state index in [1.165, 1.54) is 11.1 Å². The molecule has 1 aromatic carbocycles. The third kappa shape index (κ3) is 4.66. The highest BCUT2D eigenvalue weighted by Crippen LogP contribution is 2.56. The van der Waals surface area contributed by atoms with Gasteiger partial charge in [0.1, 0.15) is 16.1 Å². The van der Waals surface area contributed by atoms with Crippen LogP contribution in [0.4, 0.5) is 5.82 Å². The lowest BCUT2D eigenvalue weighted by atomic mass is 9.67. The molecule has 8 nitrogen and oxygen atoms in total. The van der Waals surface area contributed by atoms with Crippen molar-refractivity contribution in [2.24, 2.45) is 10.6 Å². The van der Waals surface area contributed by atoms with E-state index in [4.69, 9.17) is 24.9 Å². The Bertz CT molecular complexity index is 1280. The lowest BCUT2D eigenvalue weighted by molar-refractivity contribution is -0.0372. The highest BCUT2D eigenvalue weighted by Gasteiger charge is 2.50. The Labute approximate surface area is 235 Å². The van der Waals surface area contributed by atoms with Crippen molar-refractivity contribution >= 4 is 50.9 Å². The van der Waals surface area contributed by atoms with Crippen LogP contribution in [0.2, 0.25) is 0 Å². The standard InChI is InChI=1S/C27H35IN6O2S/c1-26(2,37(29)35)16-20-19-8-4-3-7-18(19)15-27(20)10-12-33(13-11-27)21-17-30-23-24(28)32-34(25(23)31-21)22-9-5-6-14-36-22/h3-4,7-8,17,20,22H,5-6,9-16,29H2,1-2H3/t20-,22?,37?/m1/s1. The molecule has 198 valence electrons. The Morgan fingerprint density at radius 1 is 1.24 bits per heavy atom. The quantitative estimate of drug-likeness (QED) is 0.316. The van der Waals surface area contributed by atoms with Crippen molar-refractivity contribution < 1.29 is 9.29 Å². The summed E-state index contributed by atoms with van der Waals surface area (Å²) >= 11 is 0.875. The molecule has 2 aromatic heterocycles. The van der Waals surface area contributed by atoms with E-state index < -0.39 is 16.1 Å². The van der Waals surface area contributed by atoms with E-state index in [2.05, 4.69) is 51.8 Å². The topological polar surface area (TPSA) is 105 Å². The van der Waals surface area contributed by atoms with Gasteiger partial charge < -0.3 is 14.2 Å². The zero-order chi connectivity index (χ0) is 25.8. The number of aromatic nitrogens is 4. The van der Waals surface area contributed by atoms with Gasteiger partial charge in [-0.3, -0.25) is 0 Å². The van der Waals surface area contributed by atoms with Gasteiger partial charge in [-0.1, -0.05) is 24.3 Å². The van der Waals surface area contributed by atoms with Crippen molar-refractivity contribution in [2.45, 2.75) is 75.7 Å². The second-order valence-corrected chi connectivity index (χ2v) is 14.2. The average molecular weight is 635 g/mol. The molecule has 4 heterocycles. The number of ether oxygens (including phenoxy) is 1. The summed E-state index contributed by atoms with van der Waals surface area (Å²) < 4.78 is 20.8. The monoisotopic (exact) mass is 634 g/mol. The lowest BCUT2D eigenvalue weighted by Crippen LogP contribution is -2.46. The zero-order valence-electron chi connectivity index (χ0n) is 21.5. The van der Waals surface area contributed by atoms with Gasteiger partial charge in [0.25, 0.3) is 0 Å². The summed E-state index contributed by atoms with van der Waals surface area (Å²) in [5.41, 5.74) is 4.66. The Kier molecular flexibility index (Phi) is 6.92. The molecule has 2 saturated heterocycles. The van der Waals surface area contributed by atoms with Gasteiger partial charge in [0.2, 0.25) is 0 Å². The van der Waals surface area contributed by atoms with Crippen LogP contribution in [0.15, 0.2) is 30.5 Å². The molecule has 37 heavy (non-hydrogen) atoms. The Morgan fingerprint density at radius 2 is 2.03 bits per heavy atom. The van der Waals surface area contributed by atoms with Gasteiger partial charge in [-0.05, 0) is 97.4 Å². The van der Waals surface area contributed by atoms with Crippen LogP contribution >= 0.6 is 22.6 Å². The van der Waals surface area contributed by atoms with Crippen molar-refractivity contribution in [1.82, 2.24) is 19.7 Å². The second-order valence-electron chi connectivity index (χ2n) is 11.5. The second kappa shape index (κ2) is 9.93. The minimum absolute atomic E-state index is 0.0665. The molecule has 2 unspecified atom stereocenters. The maximum absolute atomic E-state index is 12.4. The molecule has 1 aliphatic carbocycles. The molecule has 3 atom stereocenters. The van der Waals surface area contributed by atoms with E-state index in [9.17, 15) is 4.55 Å². The first-order chi connectivity index (χ1) is 17.8. The van der Waals surface area contributed by atoms with Crippen LogP contribution in [0.1, 0.15) is 75.6 Å².